The Bertz CT molecular complexity index is 1380. The van der Waals surface area contributed by atoms with Gasteiger partial charge in [-0.15, -0.1) is 0 Å². The van der Waals surface area contributed by atoms with E-state index in [4.69, 9.17) is 4.74 Å². The first-order valence-electron chi connectivity index (χ1n) is 10.1. The molecule has 0 unspecified atom stereocenters. The number of rotatable bonds is 6. The van der Waals surface area contributed by atoms with Crippen molar-refractivity contribution >= 4 is 22.7 Å². The van der Waals surface area contributed by atoms with E-state index in [1.54, 1.807) is 29.7 Å². The van der Waals surface area contributed by atoms with Gasteiger partial charge in [-0.3, -0.25) is 5.43 Å². The number of hydrazone groups is 1. The molecule has 0 heterocycles. The molecule has 0 radical (unpaired) electrons. The maximum Gasteiger partial charge on any atom is 0.422 e. The average molecular weight is 492 g/mol. The molecule has 180 valence electrons. The predicted molar refractivity (Wildman–Crippen MR) is 117 cm³/mol. The van der Waals surface area contributed by atoms with Crippen LogP contribution in [0.25, 0.3) is 10.8 Å². The third kappa shape index (κ3) is 4.91. The number of hydrogen-bond donors (Lipinski definition) is 1. The molecule has 3 nitrogen and oxygen atoms in total. The van der Waals surface area contributed by atoms with Gasteiger partial charge in [0.1, 0.15) is 23.6 Å². The summed E-state index contributed by atoms with van der Waals surface area (Å²) in [6.07, 6.45) is -4.58. The highest BCUT2D eigenvalue weighted by Crippen LogP contribution is 2.38. The molecule has 0 aliphatic heterocycles. The van der Waals surface area contributed by atoms with Crippen molar-refractivity contribution in [2.24, 2.45) is 5.10 Å². The number of nitrogens with zero attached hydrogens (tertiary/aromatic N) is 1. The number of benzene rings is 4. The van der Waals surface area contributed by atoms with E-state index in [2.05, 4.69) is 5.10 Å². The number of alkyl halides is 3. The maximum atomic E-state index is 14.0. The molecule has 0 amide bonds. The fourth-order valence-electron chi connectivity index (χ4n) is 3.44. The fourth-order valence-corrected chi connectivity index (χ4v) is 3.44. The van der Waals surface area contributed by atoms with Crippen LogP contribution < -0.4 is 10.2 Å². The SMILES string of the molecule is Fc1c(F)c(C(F)(F)F)c(F)c(F)c1N/N=C\c1ccccc1OCc1cccc2ccccc12. The zero-order valence-corrected chi connectivity index (χ0v) is 17.6. The van der Waals surface area contributed by atoms with Gasteiger partial charge in [0.25, 0.3) is 0 Å². The molecule has 0 saturated carbocycles. The van der Waals surface area contributed by atoms with E-state index in [1.807, 2.05) is 42.5 Å². The lowest BCUT2D eigenvalue weighted by molar-refractivity contribution is -0.143. The van der Waals surface area contributed by atoms with Crippen molar-refractivity contribution in [3.8, 4) is 5.75 Å². The van der Waals surface area contributed by atoms with Crippen molar-refractivity contribution in [3.05, 3.63) is 107 Å². The summed E-state index contributed by atoms with van der Waals surface area (Å²) in [4.78, 5) is 0. The van der Waals surface area contributed by atoms with Crippen LogP contribution in [0.3, 0.4) is 0 Å². The largest absolute Gasteiger partial charge is 0.488 e. The average Bonchev–Trinajstić information content (AvgIpc) is 2.83. The number of nitrogens with one attached hydrogen (secondary N) is 1. The van der Waals surface area contributed by atoms with Crippen molar-refractivity contribution in [1.82, 2.24) is 0 Å². The van der Waals surface area contributed by atoms with E-state index in [-0.39, 0.29) is 6.61 Å². The van der Waals surface area contributed by atoms with Crippen LogP contribution in [-0.4, -0.2) is 6.21 Å². The molecule has 0 bridgehead atoms. The van der Waals surface area contributed by atoms with Crippen LogP contribution in [0.5, 0.6) is 5.75 Å². The summed E-state index contributed by atoms with van der Waals surface area (Å²) in [5.74, 6) is -9.33. The molecule has 4 aromatic rings. The van der Waals surface area contributed by atoms with Crippen LogP contribution in [0.4, 0.5) is 36.4 Å². The van der Waals surface area contributed by atoms with Crippen LogP contribution in [0, 0.1) is 23.3 Å². The molecular formula is C25H15F7N2O. The Labute approximate surface area is 194 Å². The van der Waals surface area contributed by atoms with Crippen LogP contribution >= 0.6 is 0 Å². The van der Waals surface area contributed by atoms with E-state index in [0.717, 1.165) is 22.6 Å². The number of anilines is 1. The van der Waals surface area contributed by atoms with Crippen LogP contribution in [0.2, 0.25) is 0 Å². The van der Waals surface area contributed by atoms with Crippen molar-refractivity contribution in [3.63, 3.8) is 0 Å². The maximum absolute atomic E-state index is 14.0. The predicted octanol–water partition coefficient (Wildman–Crippen LogP) is 7.44. The second-order valence-corrected chi connectivity index (χ2v) is 7.34. The molecule has 0 atom stereocenters. The highest BCUT2D eigenvalue weighted by Gasteiger charge is 2.42. The summed E-state index contributed by atoms with van der Waals surface area (Å²) in [6.45, 7) is 0.179. The molecule has 35 heavy (non-hydrogen) atoms. The zero-order chi connectivity index (χ0) is 25.2. The molecular weight excluding hydrogens is 477 g/mol. The highest BCUT2D eigenvalue weighted by atomic mass is 19.4. The fraction of sp³-hybridized carbons (Fsp3) is 0.0800. The second-order valence-electron chi connectivity index (χ2n) is 7.34. The molecule has 0 spiro atoms. The Morgan fingerprint density at radius 3 is 2.11 bits per heavy atom. The van der Waals surface area contributed by atoms with Crippen molar-refractivity contribution < 1.29 is 35.5 Å². The number of fused-ring (bicyclic) bond motifs is 1. The smallest absolute Gasteiger partial charge is 0.422 e. The van der Waals surface area contributed by atoms with Gasteiger partial charge in [0.05, 0.1) is 6.21 Å². The summed E-state index contributed by atoms with van der Waals surface area (Å²) in [5.41, 5.74) is -1.20. The minimum atomic E-state index is -5.63. The van der Waals surface area contributed by atoms with Crippen LogP contribution in [0.1, 0.15) is 16.7 Å². The summed E-state index contributed by atoms with van der Waals surface area (Å²) in [7, 11) is 0. The van der Waals surface area contributed by atoms with Gasteiger partial charge in [0.15, 0.2) is 23.3 Å². The summed E-state index contributed by atoms with van der Waals surface area (Å²) in [6, 6.07) is 19.9. The van der Waals surface area contributed by atoms with E-state index < -0.39 is 40.7 Å². The van der Waals surface area contributed by atoms with Gasteiger partial charge in [-0.1, -0.05) is 54.6 Å². The Hall–Kier alpha value is -4.08. The molecule has 0 saturated heterocycles. The lowest BCUT2D eigenvalue weighted by Crippen LogP contribution is -2.16. The molecule has 0 aliphatic carbocycles. The minimum Gasteiger partial charge on any atom is -0.488 e. The Kier molecular flexibility index (Phi) is 6.63. The van der Waals surface area contributed by atoms with E-state index in [0.29, 0.717) is 11.3 Å². The molecule has 4 rings (SSSR count). The first-order chi connectivity index (χ1) is 16.7. The number of hydrogen-bond acceptors (Lipinski definition) is 3. The zero-order valence-electron chi connectivity index (χ0n) is 17.6. The van der Waals surface area contributed by atoms with Gasteiger partial charge in [-0.05, 0) is 28.5 Å². The lowest BCUT2D eigenvalue weighted by Gasteiger charge is -2.13. The van der Waals surface area contributed by atoms with Gasteiger partial charge in [0.2, 0.25) is 0 Å². The summed E-state index contributed by atoms with van der Waals surface area (Å²) < 4.78 is 99.6. The molecule has 4 aromatic carbocycles. The van der Waals surface area contributed by atoms with Gasteiger partial charge in [-0.2, -0.15) is 18.3 Å². The van der Waals surface area contributed by atoms with Crippen LogP contribution in [-0.2, 0) is 12.8 Å². The molecule has 1 N–H and O–H groups in total. The molecule has 10 heteroatoms. The van der Waals surface area contributed by atoms with E-state index in [9.17, 15) is 30.7 Å². The lowest BCUT2D eigenvalue weighted by atomic mass is 10.1. The summed E-state index contributed by atoms with van der Waals surface area (Å²) in [5, 5.41) is 5.53. The van der Waals surface area contributed by atoms with Gasteiger partial charge in [-0.25, -0.2) is 17.6 Å². The monoisotopic (exact) mass is 492 g/mol. The molecule has 0 fully saturated rings. The van der Waals surface area contributed by atoms with Gasteiger partial charge >= 0.3 is 6.18 Å². The highest BCUT2D eigenvalue weighted by molar-refractivity contribution is 5.86. The summed E-state index contributed by atoms with van der Waals surface area (Å²) >= 11 is 0. The van der Waals surface area contributed by atoms with Crippen molar-refractivity contribution in [1.29, 1.82) is 0 Å². The quantitative estimate of drug-likeness (QED) is 0.131. The Morgan fingerprint density at radius 2 is 1.40 bits per heavy atom. The van der Waals surface area contributed by atoms with Crippen LogP contribution in [0.15, 0.2) is 71.8 Å². The third-order valence-corrected chi connectivity index (χ3v) is 5.11. The normalized spacial score (nSPS) is 11.9. The van der Waals surface area contributed by atoms with Crippen molar-refractivity contribution in [2.45, 2.75) is 12.8 Å². The number of ether oxygens (including phenoxy) is 1. The first-order valence-corrected chi connectivity index (χ1v) is 10.1. The standard InChI is InChI=1S/C25H15F7N2O/c26-20-19(25(30,31)32)21(27)23(29)24(22(20)28)34-33-12-15-7-2-4-11-18(15)35-13-16-9-5-8-14-6-1-3-10-17(14)16/h1-12,34H,13H2/b33-12-. The Morgan fingerprint density at radius 1 is 0.771 bits per heavy atom. The minimum absolute atomic E-state index is 0.179. The molecule has 0 aromatic heterocycles. The second kappa shape index (κ2) is 9.65. The molecule has 0 aliphatic rings. The number of para-hydroxylation sites is 1. The Balaban J connectivity index is 1.56. The van der Waals surface area contributed by atoms with E-state index >= 15 is 0 Å². The van der Waals surface area contributed by atoms with Crippen molar-refractivity contribution in [2.75, 3.05) is 5.43 Å². The topological polar surface area (TPSA) is 33.6 Å². The number of halogens is 7. The first kappa shape index (κ1) is 24.1. The third-order valence-electron chi connectivity index (χ3n) is 5.11. The van der Waals surface area contributed by atoms with Gasteiger partial charge in [0, 0.05) is 5.56 Å². The van der Waals surface area contributed by atoms with Gasteiger partial charge < -0.3 is 4.74 Å². The van der Waals surface area contributed by atoms with E-state index in [1.165, 1.54) is 0 Å².